The number of aromatic carboxylic acids is 1. The number of nitrogens with zero attached hydrogens (tertiary/aromatic N) is 3. The third-order valence-corrected chi connectivity index (χ3v) is 1.99. The molecule has 0 saturated heterocycles. The van der Waals surface area contributed by atoms with Gasteiger partial charge in [-0.1, -0.05) is 11.6 Å². The van der Waals surface area contributed by atoms with Gasteiger partial charge in [-0.25, -0.2) is 14.8 Å². The molecule has 0 radical (unpaired) electrons. The Morgan fingerprint density at radius 1 is 1.40 bits per heavy atom. The van der Waals surface area contributed by atoms with E-state index in [9.17, 15) is 4.79 Å². The molecular formula is C9H6ClN3O2. The Morgan fingerprint density at radius 2 is 2.07 bits per heavy atom. The van der Waals surface area contributed by atoms with E-state index in [0.717, 1.165) is 0 Å². The van der Waals surface area contributed by atoms with Crippen LogP contribution in [-0.4, -0.2) is 25.6 Å². The molecule has 5 nitrogen and oxygen atoms in total. The molecule has 2 aromatic rings. The van der Waals surface area contributed by atoms with Gasteiger partial charge in [-0.2, -0.15) is 0 Å². The van der Waals surface area contributed by atoms with Crippen LogP contribution < -0.4 is 0 Å². The lowest BCUT2D eigenvalue weighted by Gasteiger charge is -2.02. The molecule has 0 aliphatic heterocycles. The van der Waals surface area contributed by atoms with Crippen LogP contribution in [0.15, 0.2) is 30.7 Å². The highest BCUT2D eigenvalue weighted by atomic mass is 35.5. The van der Waals surface area contributed by atoms with Crippen molar-refractivity contribution in [3.63, 3.8) is 0 Å². The van der Waals surface area contributed by atoms with E-state index in [1.807, 2.05) is 0 Å². The van der Waals surface area contributed by atoms with Crippen molar-refractivity contribution in [2.75, 3.05) is 0 Å². The van der Waals surface area contributed by atoms with Gasteiger partial charge in [0.15, 0.2) is 0 Å². The second kappa shape index (κ2) is 3.70. The molecular weight excluding hydrogens is 218 g/mol. The number of hydrogen-bond acceptors (Lipinski definition) is 3. The molecule has 0 atom stereocenters. The molecule has 0 unspecified atom stereocenters. The summed E-state index contributed by atoms with van der Waals surface area (Å²) >= 11 is 5.62. The molecule has 0 fully saturated rings. The van der Waals surface area contributed by atoms with Crippen molar-refractivity contribution < 1.29 is 9.90 Å². The van der Waals surface area contributed by atoms with Crippen LogP contribution in [0, 0.1) is 0 Å². The van der Waals surface area contributed by atoms with E-state index in [2.05, 4.69) is 9.97 Å². The van der Waals surface area contributed by atoms with Crippen molar-refractivity contribution in [2.45, 2.75) is 0 Å². The minimum absolute atomic E-state index is 0.109. The number of carbonyl (C=O) groups is 1. The van der Waals surface area contributed by atoms with Crippen LogP contribution in [0.2, 0.25) is 5.02 Å². The first kappa shape index (κ1) is 9.67. The van der Waals surface area contributed by atoms with Crippen molar-refractivity contribution in [3.8, 4) is 5.95 Å². The monoisotopic (exact) mass is 223 g/mol. The summed E-state index contributed by atoms with van der Waals surface area (Å²) in [7, 11) is 0. The second-order valence-corrected chi connectivity index (χ2v) is 3.21. The predicted molar refractivity (Wildman–Crippen MR) is 53.3 cm³/mol. The fraction of sp³-hybridized carbons (Fsp3) is 0. The van der Waals surface area contributed by atoms with Crippen LogP contribution in [0.25, 0.3) is 5.95 Å². The summed E-state index contributed by atoms with van der Waals surface area (Å²) in [4.78, 5) is 18.7. The van der Waals surface area contributed by atoms with Crippen molar-refractivity contribution in [3.05, 3.63) is 41.4 Å². The van der Waals surface area contributed by atoms with E-state index in [0.29, 0.717) is 5.02 Å². The van der Waals surface area contributed by atoms with Crippen LogP contribution >= 0.6 is 11.6 Å². The molecule has 2 rings (SSSR count). The van der Waals surface area contributed by atoms with E-state index in [4.69, 9.17) is 16.7 Å². The summed E-state index contributed by atoms with van der Waals surface area (Å²) < 4.78 is 1.37. The fourth-order valence-electron chi connectivity index (χ4n) is 1.16. The van der Waals surface area contributed by atoms with Gasteiger partial charge < -0.3 is 5.11 Å². The first-order chi connectivity index (χ1) is 7.18. The van der Waals surface area contributed by atoms with E-state index in [-0.39, 0.29) is 11.6 Å². The van der Waals surface area contributed by atoms with Crippen LogP contribution in [0.5, 0.6) is 0 Å². The van der Waals surface area contributed by atoms with Crippen LogP contribution in [0.1, 0.15) is 10.5 Å². The smallest absolute Gasteiger partial charge is 0.352 e. The molecule has 2 aromatic heterocycles. The quantitative estimate of drug-likeness (QED) is 0.840. The van der Waals surface area contributed by atoms with E-state index in [1.54, 1.807) is 12.3 Å². The topological polar surface area (TPSA) is 68.0 Å². The zero-order valence-corrected chi connectivity index (χ0v) is 8.22. The largest absolute Gasteiger partial charge is 0.477 e. The molecule has 0 aliphatic rings. The zero-order chi connectivity index (χ0) is 10.8. The minimum atomic E-state index is -1.03. The standard InChI is InChI=1S/C9H6ClN3O2/c10-6-4-11-9(12-5-6)13-3-1-2-7(13)8(14)15/h1-5H,(H,14,15). The Labute approximate surface area is 90.0 Å². The predicted octanol–water partition coefficient (Wildman–Crippen LogP) is 1.62. The van der Waals surface area contributed by atoms with Crippen LogP contribution in [0.4, 0.5) is 0 Å². The van der Waals surface area contributed by atoms with Crippen molar-refractivity contribution in [1.29, 1.82) is 0 Å². The molecule has 0 bridgehead atoms. The van der Waals surface area contributed by atoms with Gasteiger partial charge in [-0.05, 0) is 12.1 Å². The lowest BCUT2D eigenvalue weighted by atomic mass is 10.4. The van der Waals surface area contributed by atoms with E-state index in [1.165, 1.54) is 23.0 Å². The van der Waals surface area contributed by atoms with Crippen molar-refractivity contribution >= 4 is 17.6 Å². The summed E-state index contributed by atoms with van der Waals surface area (Å²) in [5.41, 5.74) is 0.109. The maximum absolute atomic E-state index is 10.8. The van der Waals surface area contributed by atoms with Crippen molar-refractivity contribution in [1.82, 2.24) is 14.5 Å². The first-order valence-corrected chi connectivity index (χ1v) is 4.45. The fourth-order valence-corrected chi connectivity index (χ4v) is 1.26. The Kier molecular flexibility index (Phi) is 2.39. The molecule has 6 heteroatoms. The molecule has 2 heterocycles. The van der Waals surface area contributed by atoms with Gasteiger partial charge in [-0.3, -0.25) is 4.57 Å². The highest BCUT2D eigenvalue weighted by molar-refractivity contribution is 6.30. The highest BCUT2D eigenvalue weighted by Crippen LogP contribution is 2.10. The molecule has 0 aliphatic carbocycles. The number of rotatable bonds is 2. The normalized spacial score (nSPS) is 10.2. The maximum Gasteiger partial charge on any atom is 0.352 e. The maximum atomic E-state index is 10.8. The van der Waals surface area contributed by atoms with E-state index >= 15 is 0 Å². The molecule has 0 amide bonds. The van der Waals surface area contributed by atoms with Gasteiger partial charge in [0.2, 0.25) is 5.95 Å². The lowest BCUT2D eigenvalue weighted by molar-refractivity contribution is 0.0688. The zero-order valence-electron chi connectivity index (χ0n) is 7.46. The Hall–Kier alpha value is -1.88. The Morgan fingerprint density at radius 3 is 2.67 bits per heavy atom. The van der Waals surface area contributed by atoms with Gasteiger partial charge in [0, 0.05) is 6.20 Å². The van der Waals surface area contributed by atoms with Gasteiger partial charge in [0.1, 0.15) is 5.69 Å². The van der Waals surface area contributed by atoms with Gasteiger partial charge in [0.25, 0.3) is 0 Å². The first-order valence-electron chi connectivity index (χ1n) is 4.07. The summed E-state index contributed by atoms with van der Waals surface area (Å²) in [6.45, 7) is 0. The summed E-state index contributed by atoms with van der Waals surface area (Å²) in [6, 6.07) is 3.09. The second-order valence-electron chi connectivity index (χ2n) is 2.77. The van der Waals surface area contributed by atoms with Crippen LogP contribution in [-0.2, 0) is 0 Å². The molecule has 15 heavy (non-hydrogen) atoms. The third-order valence-electron chi connectivity index (χ3n) is 1.79. The lowest BCUT2D eigenvalue weighted by Crippen LogP contribution is -2.08. The minimum Gasteiger partial charge on any atom is -0.477 e. The molecule has 76 valence electrons. The Balaban J connectivity index is 2.49. The SMILES string of the molecule is O=C(O)c1cccn1-c1ncc(Cl)cn1. The third kappa shape index (κ3) is 1.82. The average Bonchev–Trinajstić information content (AvgIpc) is 2.67. The van der Waals surface area contributed by atoms with Gasteiger partial charge in [-0.15, -0.1) is 0 Å². The summed E-state index contributed by atoms with van der Waals surface area (Å²) in [5, 5.41) is 9.27. The molecule has 1 N–H and O–H groups in total. The number of halogens is 1. The average molecular weight is 224 g/mol. The Bertz CT molecular complexity index is 492. The number of hydrogen-bond donors (Lipinski definition) is 1. The molecule has 0 aromatic carbocycles. The van der Waals surface area contributed by atoms with E-state index < -0.39 is 5.97 Å². The summed E-state index contributed by atoms with van der Waals surface area (Å²) in [5.74, 6) is -0.750. The number of aromatic nitrogens is 3. The van der Waals surface area contributed by atoms with Crippen LogP contribution in [0.3, 0.4) is 0 Å². The number of carboxylic acid groups (broad SMARTS) is 1. The highest BCUT2D eigenvalue weighted by Gasteiger charge is 2.11. The van der Waals surface area contributed by atoms with Gasteiger partial charge in [0.05, 0.1) is 17.4 Å². The number of carboxylic acids is 1. The summed E-state index contributed by atoms with van der Waals surface area (Å²) in [6.07, 6.45) is 4.40. The van der Waals surface area contributed by atoms with Crippen molar-refractivity contribution in [2.24, 2.45) is 0 Å². The molecule has 0 saturated carbocycles. The van der Waals surface area contributed by atoms with Gasteiger partial charge >= 0.3 is 5.97 Å². The molecule has 0 spiro atoms.